The van der Waals surface area contributed by atoms with E-state index in [1.54, 1.807) is 0 Å². The van der Waals surface area contributed by atoms with E-state index in [9.17, 15) is 4.79 Å². The van der Waals surface area contributed by atoms with Gasteiger partial charge in [-0.3, -0.25) is 15.1 Å². The van der Waals surface area contributed by atoms with Crippen molar-refractivity contribution < 1.29 is 4.79 Å². The third-order valence-electron chi connectivity index (χ3n) is 3.44. The number of aromatic nitrogens is 1. The van der Waals surface area contributed by atoms with Crippen LogP contribution in [-0.4, -0.2) is 28.9 Å². The van der Waals surface area contributed by atoms with E-state index in [4.69, 9.17) is 5.84 Å². The first-order valence-electron chi connectivity index (χ1n) is 6.40. The Kier molecular flexibility index (Phi) is 4.68. The fourth-order valence-electron chi connectivity index (χ4n) is 2.40. The summed E-state index contributed by atoms with van der Waals surface area (Å²) in [5.74, 6) is 5.59. The average molecular weight is 268 g/mol. The predicted octanol–water partition coefficient (Wildman–Crippen LogP) is 1.37. The normalized spacial score (nSPS) is 20.9. The van der Waals surface area contributed by atoms with Crippen molar-refractivity contribution in [2.45, 2.75) is 32.7 Å². The van der Waals surface area contributed by atoms with Gasteiger partial charge in [-0.15, -0.1) is 11.3 Å². The van der Waals surface area contributed by atoms with Crippen molar-refractivity contribution in [3.63, 3.8) is 0 Å². The molecule has 1 saturated heterocycles. The van der Waals surface area contributed by atoms with Crippen LogP contribution in [0.25, 0.3) is 0 Å². The summed E-state index contributed by atoms with van der Waals surface area (Å²) in [4.78, 5) is 18.1. The standard InChI is InChI=1S/C12H20N4OS/c1-2-9-4-3-5-16(6-9)7-10-8-18-12(14-10)11(17)15-13/h8-9H,2-7,13H2,1H3,(H,15,17). The van der Waals surface area contributed by atoms with Crippen LogP contribution in [-0.2, 0) is 6.54 Å². The van der Waals surface area contributed by atoms with Crippen molar-refractivity contribution in [2.75, 3.05) is 13.1 Å². The minimum Gasteiger partial charge on any atom is -0.297 e. The first-order valence-corrected chi connectivity index (χ1v) is 7.28. The van der Waals surface area contributed by atoms with Gasteiger partial charge in [0.15, 0.2) is 5.01 Å². The highest BCUT2D eigenvalue weighted by atomic mass is 32.1. The van der Waals surface area contributed by atoms with Crippen molar-refractivity contribution in [2.24, 2.45) is 11.8 Å². The molecule has 0 radical (unpaired) electrons. The summed E-state index contributed by atoms with van der Waals surface area (Å²) in [5, 5.41) is 2.39. The van der Waals surface area contributed by atoms with Crippen LogP contribution in [0.1, 0.15) is 41.7 Å². The quantitative estimate of drug-likeness (QED) is 0.491. The van der Waals surface area contributed by atoms with Crippen molar-refractivity contribution in [1.29, 1.82) is 0 Å². The van der Waals surface area contributed by atoms with Crippen LogP contribution in [0.3, 0.4) is 0 Å². The SMILES string of the molecule is CCC1CCCN(Cc2csc(C(=O)NN)n2)C1. The van der Waals surface area contributed by atoms with Gasteiger partial charge in [0, 0.05) is 18.5 Å². The summed E-state index contributed by atoms with van der Waals surface area (Å²) >= 11 is 1.35. The summed E-state index contributed by atoms with van der Waals surface area (Å²) in [6.07, 6.45) is 3.85. The second kappa shape index (κ2) is 6.26. The fourth-order valence-corrected chi connectivity index (χ4v) is 3.11. The number of carbonyl (C=O) groups is 1. The van der Waals surface area contributed by atoms with Crippen LogP contribution in [0.15, 0.2) is 5.38 Å². The molecule has 1 fully saturated rings. The predicted molar refractivity (Wildman–Crippen MR) is 72.1 cm³/mol. The Morgan fingerprint density at radius 1 is 1.72 bits per heavy atom. The maximum absolute atomic E-state index is 11.3. The number of nitrogens with one attached hydrogen (secondary N) is 1. The second-order valence-corrected chi connectivity index (χ2v) is 5.63. The molecule has 1 aliphatic heterocycles. The monoisotopic (exact) mass is 268 g/mol. The van der Waals surface area contributed by atoms with Crippen LogP contribution in [0, 0.1) is 5.92 Å². The summed E-state index contributed by atoms with van der Waals surface area (Å²) < 4.78 is 0. The average Bonchev–Trinajstić information content (AvgIpc) is 2.86. The number of rotatable bonds is 4. The van der Waals surface area contributed by atoms with Gasteiger partial charge in [0.2, 0.25) is 0 Å². The molecular weight excluding hydrogens is 248 g/mol. The number of carbonyl (C=O) groups excluding carboxylic acids is 1. The van der Waals surface area contributed by atoms with Crippen molar-refractivity contribution >= 4 is 17.2 Å². The number of hydrazine groups is 1. The number of hydrogen-bond donors (Lipinski definition) is 2. The van der Waals surface area contributed by atoms with E-state index in [1.165, 1.54) is 30.6 Å². The lowest BCUT2D eigenvalue weighted by molar-refractivity contribution is 0.0952. The van der Waals surface area contributed by atoms with Gasteiger partial charge in [0.25, 0.3) is 5.91 Å². The topological polar surface area (TPSA) is 71.2 Å². The number of nitrogens with two attached hydrogens (primary N) is 1. The molecule has 5 nitrogen and oxygen atoms in total. The van der Waals surface area contributed by atoms with E-state index in [1.807, 2.05) is 5.38 Å². The van der Waals surface area contributed by atoms with Crippen LogP contribution in [0.4, 0.5) is 0 Å². The minimum atomic E-state index is -0.309. The van der Waals surface area contributed by atoms with Crippen molar-refractivity contribution in [3.8, 4) is 0 Å². The van der Waals surface area contributed by atoms with E-state index in [0.717, 1.165) is 31.2 Å². The maximum Gasteiger partial charge on any atom is 0.294 e. The van der Waals surface area contributed by atoms with Gasteiger partial charge in [-0.2, -0.15) is 0 Å². The molecule has 1 atom stereocenters. The molecule has 1 aliphatic rings. The van der Waals surface area contributed by atoms with Gasteiger partial charge < -0.3 is 0 Å². The lowest BCUT2D eigenvalue weighted by Gasteiger charge is -2.31. The number of nitrogen functional groups attached to an aromatic ring is 1. The number of hydrogen-bond acceptors (Lipinski definition) is 5. The van der Waals surface area contributed by atoms with E-state index < -0.39 is 0 Å². The molecule has 1 aromatic rings. The van der Waals surface area contributed by atoms with E-state index >= 15 is 0 Å². The van der Waals surface area contributed by atoms with Gasteiger partial charge in [-0.05, 0) is 25.3 Å². The Hall–Kier alpha value is -0.980. The molecule has 1 amide bonds. The van der Waals surface area contributed by atoms with Gasteiger partial charge in [0.1, 0.15) is 0 Å². The molecular formula is C12H20N4OS. The fraction of sp³-hybridized carbons (Fsp3) is 0.667. The largest absolute Gasteiger partial charge is 0.297 e. The Morgan fingerprint density at radius 2 is 2.56 bits per heavy atom. The second-order valence-electron chi connectivity index (χ2n) is 4.77. The van der Waals surface area contributed by atoms with E-state index in [-0.39, 0.29) is 5.91 Å². The third kappa shape index (κ3) is 3.28. The van der Waals surface area contributed by atoms with Crippen LogP contribution < -0.4 is 11.3 Å². The van der Waals surface area contributed by atoms with Crippen molar-refractivity contribution in [1.82, 2.24) is 15.3 Å². The van der Waals surface area contributed by atoms with Crippen LogP contribution >= 0.6 is 11.3 Å². The minimum absolute atomic E-state index is 0.309. The molecule has 0 spiro atoms. The van der Waals surface area contributed by atoms with Gasteiger partial charge in [-0.1, -0.05) is 13.3 Å². The molecule has 1 unspecified atom stereocenters. The molecule has 2 rings (SSSR count). The number of thiazole rings is 1. The molecule has 0 saturated carbocycles. The summed E-state index contributed by atoms with van der Waals surface area (Å²) in [6, 6.07) is 0. The molecule has 2 heterocycles. The zero-order chi connectivity index (χ0) is 13.0. The number of amides is 1. The first-order chi connectivity index (χ1) is 8.72. The molecule has 0 aliphatic carbocycles. The molecule has 3 N–H and O–H groups in total. The first kappa shape index (κ1) is 13.5. The van der Waals surface area contributed by atoms with Gasteiger partial charge in [0.05, 0.1) is 5.69 Å². The zero-order valence-corrected chi connectivity index (χ0v) is 11.5. The number of piperidine rings is 1. The lowest BCUT2D eigenvalue weighted by Crippen LogP contribution is -2.34. The number of nitrogens with zero attached hydrogens (tertiary/aromatic N) is 2. The Bertz CT molecular complexity index is 407. The molecule has 0 aromatic carbocycles. The molecule has 18 heavy (non-hydrogen) atoms. The smallest absolute Gasteiger partial charge is 0.294 e. The van der Waals surface area contributed by atoms with E-state index in [2.05, 4.69) is 22.2 Å². The maximum atomic E-state index is 11.3. The Balaban J connectivity index is 1.92. The summed E-state index contributed by atoms with van der Waals surface area (Å²) in [6.45, 7) is 5.37. The van der Waals surface area contributed by atoms with Crippen molar-refractivity contribution in [3.05, 3.63) is 16.1 Å². The van der Waals surface area contributed by atoms with E-state index in [0.29, 0.717) is 5.01 Å². The van der Waals surface area contributed by atoms with Crippen LogP contribution in [0.2, 0.25) is 0 Å². The van der Waals surface area contributed by atoms with Gasteiger partial charge in [-0.25, -0.2) is 10.8 Å². The highest BCUT2D eigenvalue weighted by Crippen LogP contribution is 2.21. The Morgan fingerprint density at radius 3 is 3.28 bits per heavy atom. The number of likely N-dealkylation sites (tertiary alicyclic amines) is 1. The zero-order valence-electron chi connectivity index (χ0n) is 10.7. The summed E-state index contributed by atoms with van der Waals surface area (Å²) in [5.41, 5.74) is 3.08. The highest BCUT2D eigenvalue weighted by Gasteiger charge is 2.19. The molecule has 0 bridgehead atoms. The van der Waals surface area contributed by atoms with Gasteiger partial charge >= 0.3 is 0 Å². The Labute approximate surface area is 111 Å². The summed E-state index contributed by atoms with van der Waals surface area (Å²) in [7, 11) is 0. The van der Waals surface area contributed by atoms with Crippen LogP contribution in [0.5, 0.6) is 0 Å². The third-order valence-corrected chi connectivity index (χ3v) is 4.33. The molecule has 6 heteroatoms. The molecule has 1 aromatic heterocycles. The lowest BCUT2D eigenvalue weighted by atomic mass is 9.96. The molecule has 100 valence electrons. The highest BCUT2D eigenvalue weighted by molar-refractivity contribution is 7.11.